The summed E-state index contributed by atoms with van der Waals surface area (Å²) in [4.78, 5) is 87.6. The van der Waals surface area contributed by atoms with Crippen molar-refractivity contribution in [3.63, 3.8) is 0 Å². The van der Waals surface area contributed by atoms with Crippen LogP contribution < -0.4 is 0 Å². The first-order valence-electron chi connectivity index (χ1n) is 37.0. The molecule has 0 aromatic heterocycles. The Morgan fingerprint density at radius 3 is 0.561 bits per heavy atom. The number of aliphatic hydroxyl groups is 11. The smallest absolute Gasteiger partial charge is 0.330 e. The van der Waals surface area contributed by atoms with Crippen LogP contribution in [0.25, 0.3) is 0 Å². The zero-order chi connectivity index (χ0) is 91.3. The van der Waals surface area contributed by atoms with Crippen LogP contribution in [0.1, 0.15) is 14.9 Å². The molecular formula is C79H134O44. The maximum Gasteiger partial charge on any atom is 0.330 e. The lowest BCUT2D eigenvalue weighted by atomic mass is 10.3. The molecule has 0 aliphatic carbocycles. The number of aliphatic hydroxyl groups excluding tert-OH is 11. The molecule has 0 fully saturated rings. The summed E-state index contributed by atoms with van der Waals surface area (Å²) in [6.45, 7) is 31.5. The Labute approximate surface area is 717 Å². The molecule has 44 heteroatoms. The van der Waals surface area contributed by atoms with Crippen molar-refractivity contribution in [2.75, 3.05) is 238 Å². The van der Waals surface area contributed by atoms with E-state index in [-0.39, 0.29) is 240 Å². The minimum absolute atomic E-state index is 0. The van der Waals surface area contributed by atoms with E-state index in [1.807, 2.05) is 0 Å². The van der Waals surface area contributed by atoms with Gasteiger partial charge in [-0.3, -0.25) is 0 Å². The van der Waals surface area contributed by atoms with Gasteiger partial charge in [0.25, 0.3) is 0 Å². The molecule has 0 saturated heterocycles. The molecule has 0 amide bonds. The van der Waals surface area contributed by atoms with Crippen LogP contribution in [-0.4, -0.2) is 421 Å². The Hall–Kier alpha value is -8.28. The molecule has 0 aliphatic rings. The fraction of sp³-hybridized carbons (Fsp3) is 0.646. The number of hydrogen-bond donors (Lipinski definition) is 11. The molecule has 0 saturated carbocycles. The molecule has 10 unspecified atom stereocenters. The molecule has 0 rings (SSSR count). The lowest BCUT2D eigenvalue weighted by molar-refractivity contribution is -0.147. The zero-order valence-corrected chi connectivity index (χ0v) is 68.2. The number of rotatable bonds is 80. The van der Waals surface area contributed by atoms with E-state index in [4.69, 9.17) is 99.5 Å². The normalized spacial score (nSPS) is 13.7. The van der Waals surface area contributed by atoms with Crippen molar-refractivity contribution < 1.29 is 213 Å². The Morgan fingerprint density at radius 2 is 0.350 bits per heavy atom. The molecule has 0 bridgehead atoms. The molecule has 10 atom stereocenters. The predicted molar refractivity (Wildman–Crippen MR) is 431 cm³/mol. The Bertz CT molecular complexity index is 2590. The first-order chi connectivity index (χ1) is 58.0. The van der Waals surface area contributed by atoms with Gasteiger partial charge in [-0.05, 0) is 0 Å². The van der Waals surface area contributed by atoms with Crippen molar-refractivity contribution in [2.45, 2.75) is 94.2 Å². The van der Waals surface area contributed by atoms with E-state index in [0.29, 0.717) is 13.2 Å². The van der Waals surface area contributed by atoms with Crippen molar-refractivity contribution >= 4 is 47.8 Å². The number of carbonyl (C=O) groups excluding carboxylic acids is 8. The third kappa shape index (κ3) is 92.7. The molecule has 0 aromatic carbocycles. The monoisotopic (exact) mass is 1790 g/mol. The summed E-state index contributed by atoms with van der Waals surface area (Å²) in [5, 5.41) is 106. The molecule has 11 N–H and O–H groups in total. The number of ether oxygens (including phenoxy) is 25. The predicted octanol–water partition coefficient (Wildman–Crippen LogP) is -2.76. The molecule has 123 heavy (non-hydrogen) atoms. The van der Waals surface area contributed by atoms with Gasteiger partial charge in [-0.1, -0.05) is 80.6 Å². The summed E-state index contributed by atoms with van der Waals surface area (Å²) in [6.07, 6.45) is -1.76. The lowest BCUT2D eigenvalue weighted by Crippen LogP contribution is -2.34. The summed E-state index contributed by atoms with van der Waals surface area (Å²) in [6, 6.07) is 0. The highest BCUT2D eigenvalue weighted by Gasteiger charge is 2.20. The highest BCUT2D eigenvalue weighted by molar-refractivity contribution is 5.83. The van der Waals surface area contributed by atoms with Crippen molar-refractivity contribution in [2.24, 2.45) is 0 Å². The van der Waals surface area contributed by atoms with Gasteiger partial charge in [-0.2, -0.15) is 0 Å². The zero-order valence-electron chi connectivity index (χ0n) is 68.2. The maximum atomic E-state index is 11.0. The minimum atomic E-state index is -1.13. The van der Waals surface area contributed by atoms with Crippen LogP contribution in [0.4, 0.5) is 0 Å². The molecule has 0 aromatic rings. The van der Waals surface area contributed by atoms with Gasteiger partial charge >= 0.3 is 47.8 Å². The summed E-state index contributed by atoms with van der Waals surface area (Å²) in [7, 11) is 0. The van der Waals surface area contributed by atoms with Crippen molar-refractivity contribution in [3.8, 4) is 0 Å². The van der Waals surface area contributed by atoms with E-state index in [1.54, 1.807) is 0 Å². The van der Waals surface area contributed by atoms with E-state index in [0.717, 1.165) is 48.6 Å². The van der Waals surface area contributed by atoms with Gasteiger partial charge in [0.15, 0.2) is 13.6 Å². The minimum Gasteiger partial charge on any atom is -0.476 e. The Morgan fingerprint density at radius 1 is 0.195 bits per heavy atom. The second-order valence-electron chi connectivity index (χ2n) is 23.6. The van der Waals surface area contributed by atoms with Gasteiger partial charge < -0.3 is 175 Å². The van der Waals surface area contributed by atoms with Crippen LogP contribution in [0, 0.1) is 0 Å². The van der Waals surface area contributed by atoms with Gasteiger partial charge in [0.1, 0.15) is 132 Å². The van der Waals surface area contributed by atoms with Crippen LogP contribution in [0.2, 0.25) is 0 Å². The van der Waals surface area contributed by atoms with Crippen molar-refractivity contribution in [1.82, 2.24) is 0 Å². The molecule has 0 aliphatic heterocycles. The SMILES string of the molecule is C.C.C=CC(=O)OCC(O)COCC(COCC(O)COC(=O)C=C)OCC(O)COC(=O)C=C.C=CC(=O)OCC(O)COCC(O)COCC(O)COC(=O)C=C.C=CC(=O)OCC(O)COCCOCC(COCCOCC(O)COC(=O)C=C)OCCOCC(O)COC(=O)C=C.C=COCOCC(O)COCCOCC(O)COCOC=C. The van der Waals surface area contributed by atoms with Crippen LogP contribution >= 0.6 is 0 Å². The van der Waals surface area contributed by atoms with E-state index in [1.165, 1.54) is 12.5 Å². The quantitative estimate of drug-likeness (QED) is 0.00734. The second-order valence-corrected chi connectivity index (χ2v) is 23.6. The summed E-state index contributed by atoms with van der Waals surface area (Å²) in [5.41, 5.74) is 0. The number of esters is 8. The summed E-state index contributed by atoms with van der Waals surface area (Å²) >= 11 is 0. The number of carbonyl (C=O) groups is 8. The molecule has 0 radical (unpaired) electrons. The molecule has 714 valence electrons. The largest absolute Gasteiger partial charge is 0.476 e. The molecular weight excluding hydrogens is 1650 g/mol. The van der Waals surface area contributed by atoms with Crippen molar-refractivity contribution in [1.29, 1.82) is 0 Å². The molecule has 0 heterocycles. The average Bonchev–Trinajstić information content (AvgIpc) is 0.975. The standard InChI is InChI=1S/C27H44O15.C21H32O12.C15H24O9.C14H26O8.2CH4/c1-4-25(31)40-16-21(28)13-34-7-9-37-19-24(39-12-11-36-15-23(30)18-42-27(33)6-3)20-38-10-8-35-14-22(29)17-41-26(32)5-2;1-4-19(25)31-10-15(22)7-28-13-18(30-9-17(24)12-33-21(27)6-3)14-29-8-16(23)11-32-20(26)5-2;1-3-14(19)23-9-12(17)7-21-5-11(16)6-22-8-13(18)10-24-15(20)4-2;1-3-17-11-21-9-13(15)7-19-5-6-20-8-14(16)10-22-12-18-4-2;;/h4-6,21-24,28-30H,1-3,7-20H2;4-6,15-18,22-24H,1-3,7-14H2;3-4,11-13,16-18H,1-2,5-10H2;3-4,13-16H,1-2,5-12H2;2*1H4. The summed E-state index contributed by atoms with van der Waals surface area (Å²) < 4.78 is 126. The van der Waals surface area contributed by atoms with Crippen LogP contribution in [0.3, 0.4) is 0 Å². The fourth-order valence-corrected chi connectivity index (χ4v) is 7.03. The summed E-state index contributed by atoms with van der Waals surface area (Å²) in [5.74, 6) is -5.31. The molecule has 44 nitrogen and oxygen atoms in total. The Kier molecular flexibility index (Phi) is 93.3. The van der Waals surface area contributed by atoms with Gasteiger partial charge in [-0.25, -0.2) is 38.4 Å². The number of hydrogen-bond acceptors (Lipinski definition) is 44. The average molecular weight is 1790 g/mol. The second kappa shape index (κ2) is 91.4. The third-order valence-corrected chi connectivity index (χ3v) is 12.7. The highest BCUT2D eigenvalue weighted by atomic mass is 16.7. The van der Waals surface area contributed by atoms with Crippen LogP contribution in [0.5, 0.6) is 0 Å². The lowest BCUT2D eigenvalue weighted by Gasteiger charge is -2.21. The first kappa shape index (κ1) is 126. The van der Waals surface area contributed by atoms with Gasteiger partial charge in [0.05, 0.1) is 184 Å². The van der Waals surface area contributed by atoms with Gasteiger partial charge in [0.2, 0.25) is 0 Å². The third-order valence-electron chi connectivity index (χ3n) is 12.7. The van der Waals surface area contributed by atoms with Gasteiger partial charge in [0, 0.05) is 48.6 Å². The fourth-order valence-electron chi connectivity index (χ4n) is 7.03. The first-order valence-corrected chi connectivity index (χ1v) is 37.0. The van der Waals surface area contributed by atoms with E-state index < -0.39 is 127 Å². The van der Waals surface area contributed by atoms with E-state index in [9.17, 15) is 94.5 Å². The highest BCUT2D eigenvalue weighted by Crippen LogP contribution is 2.05. The van der Waals surface area contributed by atoms with Crippen LogP contribution in [0.15, 0.2) is 127 Å². The maximum absolute atomic E-state index is 11.0. The van der Waals surface area contributed by atoms with E-state index in [2.05, 4.69) is 84.7 Å². The Balaban J connectivity index is -0.000000381. The molecule has 0 spiro atoms. The van der Waals surface area contributed by atoms with Crippen molar-refractivity contribution in [3.05, 3.63) is 127 Å². The van der Waals surface area contributed by atoms with Crippen LogP contribution in [-0.2, 0) is 157 Å². The van der Waals surface area contributed by atoms with E-state index >= 15 is 0 Å². The topological polar surface area (TPSA) is 590 Å². The van der Waals surface area contributed by atoms with Gasteiger partial charge in [-0.15, -0.1) is 0 Å².